The third kappa shape index (κ3) is 5.55. The second-order valence-electron chi connectivity index (χ2n) is 9.09. The minimum absolute atomic E-state index is 0.134. The molecule has 0 unspecified atom stereocenters. The Hall–Kier alpha value is -2.18. The summed E-state index contributed by atoms with van der Waals surface area (Å²) in [6.07, 6.45) is 6.44. The Bertz CT molecular complexity index is 854. The van der Waals surface area contributed by atoms with E-state index in [2.05, 4.69) is 39.2 Å². The molecule has 1 aromatic carbocycles. The number of ether oxygens (including phenoxy) is 1. The van der Waals surface area contributed by atoms with Gasteiger partial charge in [0.2, 0.25) is 5.91 Å². The number of carbonyl (C=O) groups is 1. The Labute approximate surface area is 186 Å². The number of nitrogens with zero attached hydrogens (tertiary/aromatic N) is 3. The van der Waals surface area contributed by atoms with Crippen molar-refractivity contribution in [3.8, 4) is 5.69 Å². The molecule has 31 heavy (non-hydrogen) atoms. The van der Waals surface area contributed by atoms with Crippen LogP contribution in [0, 0.1) is 5.92 Å². The molecule has 1 fully saturated rings. The summed E-state index contributed by atoms with van der Waals surface area (Å²) in [4.78, 5) is 15.0. The van der Waals surface area contributed by atoms with E-state index in [9.17, 15) is 4.79 Å². The fraction of sp³-hybridized carbons (Fsp3) is 0.600. The Kier molecular flexibility index (Phi) is 7.41. The highest BCUT2D eigenvalue weighted by atomic mass is 16.5. The van der Waals surface area contributed by atoms with Gasteiger partial charge in [0.05, 0.1) is 17.5 Å². The predicted octanol–water partition coefficient (Wildman–Crippen LogP) is 3.50. The van der Waals surface area contributed by atoms with Crippen molar-refractivity contribution in [1.82, 2.24) is 20.0 Å². The Morgan fingerprint density at radius 2 is 1.97 bits per heavy atom. The Morgan fingerprint density at radius 1 is 1.19 bits per heavy atom. The van der Waals surface area contributed by atoms with Crippen molar-refractivity contribution in [2.45, 2.75) is 65.0 Å². The van der Waals surface area contributed by atoms with Gasteiger partial charge in [-0.3, -0.25) is 9.69 Å². The van der Waals surface area contributed by atoms with Crippen LogP contribution in [0.25, 0.3) is 5.69 Å². The summed E-state index contributed by atoms with van der Waals surface area (Å²) in [6, 6.07) is 10.5. The van der Waals surface area contributed by atoms with Crippen molar-refractivity contribution in [3.05, 3.63) is 47.3 Å². The molecule has 0 saturated carbocycles. The monoisotopic (exact) mass is 424 g/mol. The first-order valence-electron chi connectivity index (χ1n) is 11.9. The minimum Gasteiger partial charge on any atom is -0.379 e. The summed E-state index contributed by atoms with van der Waals surface area (Å²) in [6.45, 7) is 8.29. The van der Waals surface area contributed by atoms with Crippen LogP contribution in [-0.4, -0.2) is 52.9 Å². The number of carbonyl (C=O) groups excluding carboxylic acids is 1. The highest BCUT2D eigenvalue weighted by Crippen LogP contribution is 2.29. The van der Waals surface area contributed by atoms with Gasteiger partial charge in [-0.15, -0.1) is 0 Å². The molecule has 168 valence electrons. The summed E-state index contributed by atoms with van der Waals surface area (Å²) in [7, 11) is 0. The van der Waals surface area contributed by atoms with Gasteiger partial charge in [0, 0.05) is 31.3 Å². The zero-order chi connectivity index (χ0) is 21.6. The number of fused-ring (bicyclic) bond motifs is 1. The van der Waals surface area contributed by atoms with Crippen molar-refractivity contribution >= 4 is 5.91 Å². The van der Waals surface area contributed by atoms with Crippen molar-refractivity contribution in [2.75, 3.05) is 26.2 Å². The molecule has 0 bridgehead atoms. The van der Waals surface area contributed by atoms with Crippen LogP contribution in [0.4, 0.5) is 0 Å². The van der Waals surface area contributed by atoms with Gasteiger partial charge in [-0.05, 0) is 83.2 Å². The van der Waals surface area contributed by atoms with E-state index in [1.54, 1.807) is 0 Å². The summed E-state index contributed by atoms with van der Waals surface area (Å²) in [5.74, 6) is 0.341. The molecular formula is C25H36N4O2. The van der Waals surface area contributed by atoms with Crippen LogP contribution in [0.1, 0.15) is 56.5 Å². The van der Waals surface area contributed by atoms with Crippen molar-refractivity contribution in [3.63, 3.8) is 0 Å². The lowest BCUT2D eigenvalue weighted by Gasteiger charge is -2.31. The van der Waals surface area contributed by atoms with Gasteiger partial charge in [0.15, 0.2) is 0 Å². The smallest absolute Gasteiger partial charge is 0.223 e. The number of aromatic nitrogens is 2. The number of piperidine rings is 1. The standard InChI is InChI=1S/C25H36N4O2/c1-19(2)31-17-7-14-26-25(30)20-12-15-28(16-13-20)18-23-22-10-6-11-24(22)29(27-23)21-8-4-3-5-9-21/h3-5,8-9,19-20H,6-7,10-18H2,1-2H3,(H,26,30). The second kappa shape index (κ2) is 10.4. The fourth-order valence-electron chi connectivity index (χ4n) is 4.74. The average molecular weight is 425 g/mol. The Balaban J connectivity index is 1.27. The lowest BCUT2D eigenvalue weighted by molar-refractivity contribution is -0.126. The van der Waals surface area contributed by atoms with Crippen LogP contribution in [0.15, 0.2) is 30.3 Å². The highest BCUT2D eigenvalue weighted by molar-refractivity contribution is 5.78. The minimum atomic E-state index is 0.134. The molecule has 4 rings (SSSR count). The number of benzene rings is 1. The van der Waals surface area contributed by atoms with E-state index in [1.807, 2.05) is 19.9 Å². The molecule has 1 saturated heterocycles. The van der Waals surface area contributed by atoms with Crippen LogP contribution in [0.5, 0.6) is 0 Å². The lowest BCUT2D eigenvalue weighted by Crippen LogP contribution is -2.40. The van der Waals surface area contributed by atoms with Gasteiger partial charge in [-0.2, -0.15) is 5.10 Å². The van der Waals surface area contributed by atoms with E-state index in [1.165, 1.54) is 23.4 Å². The van der Waals surface area contributed by atoms with Crippen LogP contribution < -0.4 is 5.32 Å². The molecule has 6 nitrogen and oxygen atoms in total. The molecule has 2 heterocycles. The van der Waals surface area contributed by atoms with Crippen LogP contribution in [0.2, 0.25) is 0 Å². The normalized spacial score (nSPS) is 17.3. The first-order valence-corrected chi connectivity index (χ1v) is 11.9. The number of hydrogen-bond acceptors (Lipinski definition) is 4. The maximum absolute atomic E-state index is 12.5. The molecule has 1 amide bonds. The van der Waals surface area contributed by atoms with E-state index >= 15 is 0 Å². The van der Waals surface area contributed by atoms with E-state index in [4.69, 9.17) is 9.84 Å². The maximum atomic E-state index is 12.5. The van der Waals surface area contributed by atoms with Gasteiger partial charge < -0.3 is 10.1 Å². The van der Waals surface area contributed by atoms with Crippen molar-refractivity contribution < 1.29 is 9.53 Å². The van der Waals surface area contributed by atoms with Gasteiger partial charge >= 0.3 is 0 Å². The first kappa shape index (κ1) is 22.0. The molecule has 0 radical (unpaired) electrons. The third-order valence-electron chi connectivity index (χ3n) is 6.42. The molecule has 2 aliphatic rings. The number of nitrogens with one attached hydrogen (secondary N) is 1. The second-order valence-corrected chi connectivity index (χ2v) is 9.09. The molecule has 0 atom stereocenters. The van der Waals surface area contributed by atoms with Gasteiger partial charge in [-0.25, -0.2) is 4.68 Å². The fourth-order valence-corrected chi connectivity index (χ4v) is 4.74. The molecule has 1 aliphatic carbocycles. The number of para-hydroxylation sites is 1. The number of rotatable bonds is 9. The topological polar surface area (TPSA) is 59.4 Å². The molecular weight excluding hydrogens is 388 g/mol. The molecule has 1 aromatic heterocycles. The number of hydrogen-bond donors (Lipinski definition) is 1. The highest BCUT2D eigenvalue weighted by Gasteiger charge is 2.28. The summed E-state index contributed by atoms with van der Waals surface area (Å²) in [5, 5.41) is 8.10. The SMILES string of the molecule is CC(C)OCCCNC(=O)C1CCN(Cc2nn(-c3ccccc3)c3c2CCC3)CC1. The van der Waals surface area contributed by atoms with Gasteiger partial charge in [0.25, 0.3) is 0 Å². The number of likely N-dealkylation sites (tertiary alicyclic amines) is 1. The van der Waals surface area contributed by atoms with Crippen LogP contribution >= 0.6 is 0 Å². The molecule has 1 aliphatic heterocycles. The summed E-state index contributed by atoms with van der Waals surface area (Å²) in [5.41, 5.74) is 5.22. The Morgan fingerprint density at radius 3 is 2.71 bits per heavy atom. The van der Waals surface area contributed by atoms with E-state index in [-0.39, 0.29) is 17.9 Å². The zero-order valence-corrected chi connectivity index (χ0v) is 19.0. The largest absolute Gasteiger partial charge is 0.379 e. The average Bonchev–Trinajstić information content (AvgIpc) is 3.38. The molecule has 2 aromatic rings. The maximum Gasteiger partial charge on any atom is 0.223 e. The molecule has 1 N–H and O–H groups in total. The first-order chi connectivity index (χ1) is 15.1. The molecule has 6 heteroatoms. The molecule has 0 spiro atoms. The van der Waals surface area contributed by atoms with Crippen LogP contribution in [0.3, 0.4) is 0 Å². The quantitative estimate of drug-likeness (QED) is 0.626. The van der Waals surface area contributed by atoms with Gasteiger partial charge in [0.1, 0.15) is 0 Å². The van der Waals surface area contributed by atoms with Crippen molar-refractivity contribution in [1.29, 1.82) is 0 Å². The van der Waals surface area contributed by atoms with Gasteiger partial charge in [-0.1, -0.05) is 18.2 Å². The lowest BCUT2D eigenvalue weighted by atomic mass is 9.95. The predicted molar refractivity (Wildman–Crippen MR) is 122 cm³/mol. The van der Waals surface area contributed by atoms with E-state index in [0.29, 0.717) is 13.2 Å². The summed E-state index contributed by atoms with van der Waals surface area (Å²) >= 11 is 0. The third-order valence-corrected chi connectivity index (χ3v) is 6.42. The van der Waals surface area contributed by atoms with Crippen molar-refractivity contribution in [2.24, 2.45) is 5.92 Å². The number of amides is 1. The van der Waals surface area contributed by atoms with Crippen LogP contribution in [-0.2, 0) is 28.9 Å². The zero-order valence-electron chi connectivity index (χ0n) is 19.0. The van der Waals surface area contributed by atoms with E-state index in [0.717, 1.165) is 57.4 Å². The van der Waals surface area contributed by atoms with E-state index < -0.39 is 0 Å². The summed E-state index contributed by atoms with van der Waals surface area (Å²) < 4.78 is 7.69.